The van der Waals surface area contributed by atoms with E-state index in [4.69, 9.17) is 11.6 Å². The lowest BCUT2D eigenvalue weighted by molar-refractivity contribution is 0.605. The standard InChI is InChI=1S/C23H22N2O2.C9H9Cl.C5H6N2O2/c1-4-18-6-10-20(11-7-18)15-24-14-17(3)22(26)25(23(24)27)16-21-12-8-19(5-2)9-13-21;1-2-8-3-5-9(7-10)6-4-8;1-3-2-6-5(9)7-4(3)8/h4-14H,1-2,15-16H2,3H3;2-6H,1,7H2;2H,1H3,(H2,6,7,8,9). The SMILES string of the molecule is C=Cc1ccc(CCl)cc1.C=Cc1ccc(Cn2cc(C)c(=O)n(Cc3ccc(C=C)cc3)c2=O)cc1.Cc1c[nH]c(=O)[nH]c1=O. The van der Waals surface area contributed by atoms with Crippen LogP contribution in [-0.2, 0) is 19.0 Å². The number of aromatic amines is 2. The highest BCUT2D eigenvalue weighted by Crippen LogP contribution is 2.09. The van der Waals surface area contributed by atoms with E-state index in [0.717, 1.165) is 33.4 Å². The number of aryl methyl sites for hydroxylation is 2. The summed E-state index contributed by atoms with van der Waals surface area (Å²) in [6.45, 7) is 15.1. The first-order valence-electron chi connectivity index (χ1n) is 14.4. The summed E-state index contributed by atoms with van der Waals surface area (Å²) in [6.07, 6.45) is 8.35. The summed E-state index contributed by atoms with van der Waals surface area (Å²) < 4.78 is 2.87. The van der Waals surface area contributed by atoms with Crippen molar-refractivity contribution in [2.24, 2.45) is 0 Å². The van der Waals surface area contributed by atoms with Gasteiger partial charge in [0.2, 0.25) is 0 Å². The molecule has 236 valence electrons. The van der Waals surface area contributed by atoms with Crippen molar-refractivity contribution >= 4 is 29.8 Å². The maximum atomic E-state index is 12.9. The number of rotatable bonds is 8. The minimum atomic E-state index is -0.467. The van der Waals surface area contributed by atoms with Gasteiger partial charge in [0.15, 0.2) is 0 Å². The van der Waals surface area contributed by atoms with Crippen molar-refractivity contribution in [3.63, 3.8) is 0 Å². The fourth-order valence-corrected chi connectivity index (χ4v) is 4.35. The number of H-pyrrole nitrogens is 2. The average Bonchev–Trinajstić information content (AvgIpc) is 3.08. The molecule has 0 unspecified atom stereocenters. The van der Waals surface area contributed by atoms with Gasteiger partial charge < -0.3 is 4.98 Å². The van der Waals surface area contributed by atoms with Crippen LogP contribution in [0.4, 0.5) is 0 Å². The van der Waals surface area contributed by atoms with E-state index in [2.05, 4.69) is 29.7 Å². The van der Waals surface area contributed by atoms with Gasteiger partial charge in [0.25, 0.3) is 11.1 Å². The van der Waals surface area contributed by atoms with Gasteiger partial charge in [-0.3, -0.25) is 23.7 Å². The van der Waals surface area contributed by atoms with Crippen molar-refractivity contribution in [2.75, 3.05) is 0 Å². The number of hydrogen-bond acceptors (Lipinski definition) is 4. The predicted octanol–water partition coefficient (Wildman–Crippen LogP) is 6.14. The Morgan fingerprint density at radius 3 is 1.54 bits per heavy atom. The second kappa shape index (κ2) is 17.1. The van der Waals surface area contributed by atoms with Crippen LogP contribution >= 0.6 is 11.6 Å². The number of aromatic nitrogens is 4. The summed E-state index contributed by atoms with van der Waals surface area (Å²) in [5.74, 6) is 0.581. The van der Waals surface area contributed by atoms with Crippen molar-refractivity contribution in [2.45, 2.75) is 32.8 Å². The molecule has 5 rings (SSSR count). The van der Waals surface area contributed by atoms with Gasteiger partial charge in [0.1, 0.15) is 0 Å². The van der Waals surface area contributed by atoms with Crippen LogP contribution in [0.5, 0.6) is 0 Å². The maximum absolute atomic E-state index is 12.9. The normalized spacial score (nSPS) is 10.1. The van der Waals surface area contributed by atoms with Gasteiger partial charge in [0.05, 0.1) is 13.1 Å². The molecule has 3 aromatic carbocycles. The highest BCUT2D eigenvalue weighted by Gasteiger charge is 2.10. The summed E-state index contributed by atoms with van der Waals surface area (Å²) in [5, 5.41) is 0. The van der Waals surface area contributed by atoms with E-state index in [0.29, 0.717) is 23.6 Å². The zero-order chi connectivity index (χ0) is 33.6. The Bertz CT molecular complexity index is 2020. The Labute approximate surface area is 272 Å². The lowest BCUT2D eigenvalue weighted by atomic mass is 10.1. The summed E-state index contributed by atoms with van der Waals surface area (Å²) in [4.78, 5) is 50.7. The van der Waals surface area contributed by atoms with E-state index in [1.807, 2.05) is 78.9 Å². The Balaban J connectivity index is 0.000000246. The molecule has 46 heavy (non-hydrogen) atoms. The lowest BCUT2D eigenvalue weighted by Crippen LogP contribution is -2.41. The average molecular weight is 637 g/mol. The van der Waals surface area contributed by atoms with Crippen molar-refractivity contribution < 1.29 is 0 Å². The topological polar surface area (TPSA) is 110 Å². The molecule has 0 aliphatic rings. The molecule has 0 aliphatic carbocycles. The Morgan fingerprint density at radius 1 is 0.674 bits per heavy atom. The molecule has 8 nitrogen and oxygen atoms in total. The number of halogens is 1. The molecule has 0 bridgehead atoms. The highest BCUT2D eigenvalue weighted by atomic mass is 35.5. The minimum Gasteiger partial charge on any atom is -0.314 e. The molecular weight excluding hydrogens is 600 g/mol. The molecule has 0 saturated carbocycles. The zero-order valence-electron chi connectivity index (χ0n) is 26.0. The maximum Gasteiger partial charge on any atom is 0.331 e. The van der Waals surface area contributed by atoms with E-state index < -0.39 is 5.69 Å². The smallest absolute Gasteiger partial charge is 0.314 e. The van der Waals surface area contributed by atoms with Gasteiger partial charge in [-0.05, 0) is 47.2 Å². The third-order valence-electron chi connectivity index (χ3n) is 6.91. The number of alkyl halides is 1. The van der Waals surface area contributed by atoms with Gasteiger partial charge in [-0.1, -0.05) is 111 Å². The molecule has 2 aromatic heterocycles. The van der Waals surface area contributed by atoms with Gasteiger partial charge in [-0.25, -0.2) is 9.59 Å². The van der Waals surface area contributed by atoms with E-state index in [1.54, 1.807) is 36.8 Å². The summed E-state index contributed by atoms with van der Waals surface area (Å²) in [5.41, 5.74) is 5.86. The molecule has 0 amide bonds. The van der Waals surface area contributed by atoms with Crippen molar-refractivity contribution in [3.8, 4) is 0 Å². The zero-order valence-corrected chi connectivity index (χ0v) is 26.7. The molecule has 0 atom stereocenters. The number of benzene rings is 3. The Morgan fingerprint density at radius 2 is 1.13 bits per heavy atom. The lowest BCUT2D eigenvalue weighted by Gasteiger charge is -2.12. The van der Waals surface area contributed by atoms with Crippen LogP contribution < -0.4 is 22.5 Å². The summed E-state index contributed by atoms with van der Waals surface area (Å²) in [6, 6.07) is 23.5. The molecular formula is C37H37ClN4O4. The fourth-order valence-electron chi connectivity index (χ4n) is 4.17. The summed E-state index contributed by atoms with van der Waals surface area (Å²) >= 11 is 5.60. The number of nitrogens with zero attached hydrogens (tertiary/aromatic N) is 2. The van der Waals surface area contributed by atoms with Gasteiger partial charge >= 0.3 is 11.4 Å². The molecule has 0 saturated heterocycles. The molecule has 0 aliphatic heterocycles. The molecule has 0 radical (unpaired) electrons. The third-order valence-corrected chi connectivity index (χ3v) is 7.22. The molecule has 0 spiro atoms. The Hall–Kier alpha value is -5.47. The highest BCUT2D eigenvalue weighted by molar-refractivity contribution is 6.17. The first kappa shape index (κ1) is 35.0. The first-order valence-corrected chi connectivity index (χ1v) is 14.9. The van der Waals surface area contributed by atoms with E-state index in [-0.39, 0.29) is 23.4 Å². The van der Waals surface area contributed by atoms with Crippen LogP contribution in [0.2, 0.25) is 0 Å². The minimum absolute atomic E-state index is 0.242. The number of hydrogen-bond donors (Lipinski definition) is 2. The van der Waals surface area contributed by atoms with Gasteiger partial charge in [-0.2, -0.15) is 0 Å². The third kappa shape index (κ3) is 10.0. The predicted molar refractivity (Wildman–Crippen MR) is 189 cm³/mol. The van der Waals surface area contributed by atoms with E-state index in [9.17, 15) is 19.2 Å². The van der Waals surface area contributed by atoms with Crippen LogP contribution in [0.3, 0.4) is 0 Å². The number of nitrogens with one attached hydrogen (secondary N) is 2. The molecule has 5 aromatic rings. The van der Waals surface area contributed by atoms with Crippen LogP contribution in [0.1, 0.15) is 44.5 Å². The Kier molecular flexibility index (Phi) is 13.0. The van der Waals surface area contributed by atoms with Crippen molar-refractivity contribution in [3.05, 3.63) is 191 Å². The monoisotopic (exact) mass is 636 g/mol. The van der Waals surface area contributed by atoms with Crippen LogP contribution in [0, 0.1) is 13.8 Å². The van der Waals surface area contributed by atoms with Crippen molar-refractivity contribution in [1.29, 1.82) is 0 Å². The quantitative estimate of drug-likeness (QED) is 0.199. The molecule has 9 heteroatoms. The largest absolute Gasteiger partial charge is 0.331 e. The van der Waals surface area contributed by atoms with Crippen LogP contribution in [0.25, 0.3) is 18.2 Å². The van der Waals surface area contributed by atoms with Gasteiger partial charge in [-0.15, -0.1) is 11.6 Å². The van der Waals surface area contributed by atoms with Crippen LogP contribution in [-0.4, -0.2) is 19.1 Å². The summed E-state index contributed by atoms with van der Waals surface area (Å²) in [7, 11) is 0. The molecule has 0 fully saturated rings. The second-order valence-electron chi connectivity index (χ2n) is 10.3. The van der Waals surface area contributed by atoms with Crippen molar-refractivity contribution in [1.82, 2.24) is 19.1 Å². The second-order valence-corrected chi connectivity index (χ2v) is 10.6. The van der Waals surface area contributed by atoms with E-state index in [1.165, 1.54) is 10.8 Å². The van der Waals surface area contributed by atoms with E-state index >= 15 is 0 Å². The molecule has 2 N–H and O–H groups in total. The molecule has 2 heterocycles. The first-order chi connectivity index (χ1) is 22.1. The fraction of sp³-hybridized carbons (Fsp3) is 0.135. The van der Waals surface area contributed by atoms with Gasteiger partial charge in [0, 0.05) is 29.4 Å². The van der Waals surface area contributed by atoms with Crippen LogP contribution in [0.15, 0.2) is 124 Å².